The van der Waals surface area contributed by atoms with Gasteiger partial charge in [-0.15, -0.1) is 0 Å². The minimum atomic E-state index is -4.33. The molecular weight excluding hydrogens is 326 g/mol. The Morgan fingerprint density at radius 3 is 2.09 bits per heavy atom. The van der Waals surface area contributed by atoms with Gasteiger partial charge < -0.3 is 19.5 Å². The molecule has 0 fully saturated rings. The summed E-state index contributed by atoms with van der Waals surface area (Å²) in [6, 6.07) is 6.26. The highest BCUT2D eigenvalue weighted by atomic mass is 32.2. The highest BCUT2D eigenvalue weighted by Gasteiger charge is 2.46. The smallest absolute Gasteiger partial charge is 0.335 e. The maximum atomic E-state index is 12.8. The van der Waals surface area contributed by atoms with Gasteiger partial charge in [-0.05, 0) is 24.7 Å². The number of sulfone groups is 1. The Balaban J connectivity index is 3.39. The number of rotatable bonds is 7. The highest BCUT2D eigenvalue weighted by Crippen LogP contribution is 2.27. The van der Waals surface area contributed by atoms with Crippen LogP contribution in [-0.2, 0) is 28.9 Å². The van der Waals surface area contributed by atoms with E-state index in [1.54, 1.807) is 12.1 Å². The van der Waals surface area contributed by atoms with E-state index < -0.39 is 32.4 Å². The predicted molar refractivity (Wildman–Crippen MR) is 81.5 cm³/mol. The molecule has 0 aliphatic rings. The number of benzene rings is 1. The van der Waals surface area contributed by atoms with Crippen LogP contribution >= 0.6 is 0 Å². The van der Waals surface area contributed by atoms with Gasteiger partial charge in [-0.2, -0.15) is 0 Å². The third-order valence-electron chi connectivity index (χ3n) is 3.15. The highest BCUT2D eigenvalue weighted by molar-refractivity contribution is 7.93. The van der Waals surface area contributed by atoms with E-state index in [9.17, 15) is 18.0 Å². The lowest BCUT2D eigenvalue weighted by Crippen LogP contribution is -2.44. The van der Waals surface area contributed by atoms with Crippen molar-refractivity contribution in [1.82, 2.24) is 5.32 Å². The van der Waals surface area contributed by atoms with Crippen LogP contribution in [0.1, 0.15) is 10.9 Å². The monoisotopic (exact) mass is 345 g/mol. The van der Waals surface area contributed by atoms with E-state index in [2.05, 4.69) is 14.8 Å². The topological polar surface area (TPSA) is 108 Å². The zero-order valence-electron chi connectivity index (χ0n) is 13.2. The lowest BCUT2D eigenvalue weighted by Gasteiger charge is -2.22. The van der Waals surface area contributed by atoms with Gasteiger partial charge >= 0.3 is 11.9 Å². The van der Waals surface area contributed by atoms with E-state index >= 15 is 0 Å². The second-order valence-electron chi connectivity index (χ2n) is 4.46. The van der Waals surface area contributed by atoms with Crippen molar-refractivity contribution in [3.8, 4) is 5.75 Å². The first-order valence-electron chi connectivity index (χ1n) is 6.53. The molecule has 0 saturated heterocycles. The van der Waals surface area contributed by atoms with E-state index in [0.717, 1.165) is 14.2 Å². The summed E-state index contributed by atoms with van der Waals surface area (Å²) in [5, 5.41) is -0.812. The fraction of sp³-hybridized carbons (Fsp3) is 0.429. The van der Waals surface area contributed by atoms with E-state index in [1.807, 2.05) is 0 Å². The molecule has 0 heterocycles. The zero-order valence-corrected chi connectivity index (χ0v) is 14.0. The molecule has 1 atom stereocenters. The molecule has 0 bridgehead atoms. The summed E-state index contributed by atoms with van der Waals surface area (Å²) in [7, 11) is 0.492. The van der Waals surface area contributed by atoms with Gasteiger partial charge in [0.25, 0.3) is 5.25 Å². The fourth-order valence-electron chi connectivity index (χ4n) is 2.04. The minimum absolute atomic E-state index is 0.310. The van der Waals surface area contributed by atoms with Crippen LogP contribution < -0.4 is 10.1 Å². The Morgan fingerprint density at radius 1 is 1.09 bits per heavy atom. The van der Waals surface area contributed by atoms with Gasteiger partial charge in [0.2, 0.25) is 0 Å². The zero-order chi connectivity index (χ0) is 17.6. The molecule has 23 heavy (non-hydrogen) atoms. The number of carbonyl (C=O) groups is 2. The molecule has 9 heteroatoms. The van der Waals surface area contributed by atoms with Crippen LogP contribution in [0.25, 0.3) is 0 Å². The van der Waals surface area contributed by atoms with Gasteiger partial charge in [0.1, 0.15) is 11.1 Å². The quantitative estimate of drug-likeness (QED) is 0.545. The van der Waals surface area contributed by atoms with Crippen molar-refractivity contribution in [2.75, 3.05) is 28.4 Å². The number of methoxy groups -OCH3 is 3. The molecule has 0 saturated carbocycles. The molecule has 128 valence electrons. The Morgan fingerprint density at radius 2 is 1.65 bits per heavy atom. The molecule has 0 spiro atoms. The van der Waals surface area contributed by atoms with Crippen molar-refractivity contribution in [2.45, 2.75) is 10.6 Å². The first-order chi connectivity index (χ1) is 10.8. The fourth-order valence-corrected chi connectivity index (χ4v) is 3.90. The number of hydrogen-bond donors (Lipinski definition) is 1. The molecule has 0 aliphatic heterocycles. The third kappa shape index (κ3) is 3.99. The molecule has 1 unspecified atom stereocenters. The largest absolute Gasteiger partial charge is 0.497 e. The van der Waals surface area contributed by atoms with Crippen LogP contribution in [0.3, 0.4) is 0 Å². The average molecular weight is 345 g/mol. The normalized spacial score (nSPS) is 12.6. The molecule has 1 aromatic carbocycles. The number of hydrogen-bond acceptors (Lipinski definition) is 8. The third-order valence-corrected chi connectivity index (χ3v) is 5.35. The van der Waals surface area contributed by atoms with Crippen molar-refractivity contribution >= 4 is 21.8 Å². The van der Waals surface area contributed by atoms with Gasteiger partial charge in [0, 0.05) is 0 Å². The van der Waals surface area contributed by atoms with Crippen LogP contribution in [0, 0.1) is 0 Å². The Kier molecular flexibility index (Phi) is 6.52. The van der Waals surface area contributed by atoms with Gasteiger partial charge in [-0.1, -0.05) is 12.1 Å². The number of nitrogens with one attached hydrogen (secondary N) is 1. The SMILES string of the molecule is CNC(c1cccc(OC)c1)S(=O)(=O)C(C(=O)OC)C(=O)OC. The van der Waals surface area contributed by atoms with Crippen LogP contribution in [-0.4, -0.2) is 54.0 Å². The van der Waals surface area contributed by atoms with E-state index in [4.69, 9.17) is 4.74 Å². The Hall–Kier alpha value is -2.13. The van der Waals surface area contributed by atoms with Crippen molar-refractivity contribution in [2.24, 2.45) is 0 Å². The number of esters is 2. The second kappa shape index (κ2) is 7.93. The first-order valence-corrected chi connectivity index (χ1v) is 8.14. The van der Waals surface area contributed by atoms with Crippen molar-refractivity contribution in [3.05, 3.63) is 29.8 Å². The molecule has 0 aliphatic carbocycles. The molecular formula is C14H19NO7S. The molecule has 1 N–H and O–H groups in total. The summed E-state index contributed by atoms with van der Waals surface area (Å²) >= 11 is 0. The molecule has 0 amide bonds. The summed E-state index contributed by atoms with van der Waals surface area (Å²) < 4.78 is 39.4. The number of carbonyl (C=O) groups excluding carboxylic acids is 2. The maximum absolute atomic E-state index is 12.8. The molecule has 1 aromatic rings. The Labute approximate surface area is 134 Å². The summed E-state index contributed by atoms with van der Waals surface area (Å²) in [6.07, 6.45) is 0. The lowest BCUT2D eigenvalue weighted by atomic mass is 10.2. The summed E-state index contributed by atoms with van der Waals surface area (Å²) in [5.41, 5.74) is 0.310. The van der Waals surface area contributed by atoms with E-state index in [-0.39, 0.29) is 0 Å². The second-order valence-corrected chi connectivity index (χ2v) is 6.58. The molecule has 0 aromatic heterocycles. The van der Waals surface area contributed by atoms with Gasteiger partial charge in [-0.25, -0.2) is 8.42 Å². The first kappa shape index (κ1) is 18.9. The molecule has 0 radical (unpaired) electrons. The average Bonchev–Trinajstić information content (AvgIpc) is 2.54. The Bertz CT molecular complexity index is 655. The molecule has 1 rings (SSSR count). The van der Waals surface area contributed by atoms with Crippen LogP contribution in [0.4, 0.5) is 0 Å². The van der Waals surface area contributed by atoms with Gasteiger partial charge in [0.05, 0.1) is 21.3 Å². The number of ether oxygens (including phenoxy) is 3. The summed E-state index contributed by atoms with van der Waals surface area (Å²) in [4.78, 5) is 23.6. The van der Waals surface area contributed by atoms with Crippen LogP contribution in [0.15, 0.2) is 24.3 Å². The van der Waals surface area contributed by atoms with Gasteiger partial charge in [-0.3, -0.25) is 9.59 Å². The summed E-state index contributed by atoms with van der Waals surface area (Å²) in [6.45, 7) is 0. The van der Waals surface area contributed by atoms with Crippen molar-refractivity contribution < 1.29 is 32.2 Å². The van der Waals surface area contributed by atoms with Crippen molar-refractivity contribution in [3.63, 3.8) is 0 Å². The van der Waals surface area contributed by atoms with Crippen LogP contribution in [0.5, 0.6) is 5.75 Å². The maximum Gasteiger partial charge on any atom is 0.335 e. The summed E-state index contributed by atoms with van der Waals surface area (Å²) in [5.74, 6) is -1.98. The van der Waals surface area contributed by atoms with Crippen LogP contribution in [0.2, 0.25) is 0 Å². The predicted octanol–water partition coefficient (Wildman–Crippen LogP) is 0.0426. The molecule has 8 nitrogen and oxygen atoms in total. The van der Waals surface area contributed by atoms with Crippen molar-refractivity contribution in [1.29, 1.82) is 0 Å². The standard InChI is InChI=1S/C14H19NO7S/c1-15-12(9-6-5-7-10(8-9)20-2)23(18,19)11(13(16)21-3)14(17)22-4/h5-8,11-12,15H,1-4H3. The van der Waals surface area contributed by atoms with E-state index in [0.29, 0.717) is 11.3 Å². The lowest BCUT2D eigenvalue weighted by molar-refractivity contribution is -0.150. The van der Waals surface area contributed by atoms with E-state index in [1.165, 1.54) is 26.3 Å². The minimum Gasteiger partial charge on any atom is -0.497 e. The van der Waals surface area contributed by atoms with Gasteiger partial charge in [0.15, 0.2) is 9.84 Å².